The lowest BCUT2D eigenvalue weighted by Crippen LogP contribution is -2.29. The number of benzene rings is 1. The Hall–Kier alpha value is -2.64. The summed E-state index contributed by atoms with van der Waals surface area (Å²) in [6.07, 6.45) is -0.0225. The van der Waals surface area contributed by atoms with Crippen molar-refractivity contribution in [3.05, 3.63) is 33.9 Å². The first-order chi connectivity index (χ1) is 9.36. The summed E-state index contributed by atoms with van der Waals surface area (Å²) in [6, 6.07) is 3.20. The second-order valence-electron chi connectivity index (χ2n) is 4.01. The van der Waals surface area contributed by atoms with E-state index in [1.807, 2.05) is 0 Å². The number of carbonyl (C=O) groups is 2. The Morgan fingerprint density at radius 2 is 2.10 bits per heavy atom. The predicted octanol–water partition coefficient (Wildman–Crippen LogP) is 0.935. The highest BCUT2D eigenvalue weighted by Crippen LogP contribution is 2.24. The second-order valence-corrected chi connectivity index (χ2v) is 4.01. The fourth-order valence-corrected chi connectivity index (χ4v) is 1.52. The fraction of sp³-hybridized carbons (Fsp3) is 0.333. The minimum atomic E-state index is -0.708. The average Bonchev–Trinajstić information content (AvgIpc) is 2.42. The molecule has 0 aliphatic carbocycles. The molecule has 0 aliphatic heterocycles. The third-order valence-corrected chi connectivity index (χ3v) is 2.63. The zero-order valence-corrected chi connectivity index (χ0v) is 11.0. The number of methoxy groups -OCH3 is 1. The molecule has 8 heteroatoms. The molecular weight excluding hydrogens is 268 g/mol. The van der Waals surface area contributed by atoms with Crippen molar-refractivity contribution in [3.8, 4) is 5.75 Å². The number of rotatable bonds is 5. The van der Waals surface area contributed by atoms with Gasteiger partial charge in [0.2, 0.25) is 0 Å². The van der Waals surface area contributed by atoms with Crippen molar-refractivity contribution in [2.75, 3.05) is 20.7 Å². The zero-order valence-electron chi connectivity index (χ0n) is 11.0. The molecule has 1 aromatic rings. The minimum Gasteiger partial charge on any atom is -0.508 e. The van der Waals surface area contributed by atoms with Gasteiger partial charge in [-0.2, -0.15) is 0 Å². The van der Waals surface area contributed by atoms with E-state index in [2.05, 4.69) is 4.74 Å². The van der Waals surface area contributed by atoms with E-state index in [4.69, 9.17) is 0 Å². The maximum Gasteiger partial charge on any atom is 0.307 e. The van der Waals surface area contributed by atoms with Gasteiger partial charge in [-0.25, -0.2) is 0 Å². The third kappa shape index (κ3) is 3.67. The summed E-state index contributed by atoms with van der Waals surface area (Å²) in [5, 5.41) is 20.2. The van der Waals surface area contributed by atoms with E-state index in [0.29, 0.717) is 0 Å². The van der Waals surface area contributed by atoms with E-state index in [1.54, 1.807) is 0 Å². The number of nitro groups is 1. The number of amides is 1. The van der Waals surface area contributed by atoms with Crippen LogP contribution in [0.5, 0.6) is 5.75 Å². The minimum absolute atomic E-state index is 0.0225. The Bertz CT molecular complexity index is 543. The van der Waals surface area contributed by atoms with Crippen molar-refractivity contribution >= 4 is 17.6 Å². The molecule has 108 valence electrons. The molecule has 8 nitrogen and oxygen atoms in total. The Labute approximate surface area is 114 Å². The molecule has 0 aliphatic rings. The molecule has 1 aromatic carbocycles. The summed E-state index contributed by atoms with van der Waals surface area (Å²) in [5.74, 6) is -1.40. The molecule has 0 saturated carbocycles. The number of esters is 1. The second kappa shape index (κ2) is 6.50. The standard InChI is InChI=1S/C12H14N2O6/c1-13(6-5-11(16)20-2)12(17)9-7-8(15)3-4-10(9)14(18)19/h3-4,7,15H,5-6H2,1-2H3. The van der Waals surface area contributed by atoms with Crippen LogP contribution in [0.4, 0.5) is 5.69 Å². The quantitative estimate of drug-likeness (QED) is 0.489. The maximum absolute atomic E-state index is 12.1. The molecule has 20 heavy (non-hydrogen) atoms. The number of carbonyl (C=O) groups excluding carboxylic acids is 2. The van der Waals surface area contributed by atoms with Crippen molar-refractivity contribution in [3.63, 3.8) is 0 Å². The molecular formula is C12H14N2O6. The molecule has 0 bridgehead atoms. The molecule has 1 N–H and O–H groups in total. The van der Waals surface area contributed by atoms with Gasteiger partial charge in [0.1, 0.15) is 11.3 Å². The number of hydrogen-bond donors (Lipinski definition) is 1. The number of phenols is 1. The summed E-state index contributed by atoms with van der Waals surface area (Å²) < 4.78 is 4.44. The van der Waals surface area contributed by atoms with E-state index in [-0.39, 0.29) is 24.3 Å². The molecule has 0 spiro atoms. The normalized spacial score (nSPS) is 9.90. The largest absolute Gasteiger partial charge is 0.508 e. The van der Waals surface area contributed by atoms with Gasteiger partial charge in [0.15, 0.2) is 0 Å². The van der Waals surface area contributed by atoms with Gasteiger partial charge >= 0.3 is 5.97 Å². The van der Waals surface area contributed by atoms with Crippen LogP contribution >= 0.6 is 0 Å². The highest BCUT2D eigenvalue weighted by Gasteiger charge is 2.23. The van der Waals surface area contributed by atoms with E-state index in [9.17, 15) is 24.8 Å². The summed E-state index contributed by atoms with van der Waals surface area (Å²) >= 11 is 0. The first-order valence-electron chi connectivity index (χ1n) is 5.66. The predicted molar refractivity (Wildman–Crippen MR) is 68.4 cm³/mol. The van der Waals surface area contributed by atoms with Crippen LogP contribution in [0.2, 0.25) is 0 Å². The van der Waals surface area contributed by atoms with Crippen LogP contribution in [0.15, 0.2) is 18.2 Å². The molecule has 0 saturated heterocycles. The summed E-state index contributed by atoms with van der Waals surface area (Å²) in [6.45, 7) is 0.0539. The van der Waals surface area contributed by atoms with Crippen LogP contribution in [0.1, 0.15) is 16.8 Å². The van der Waals surface area contributed by atoms with Gasteiger partial charge in [0.25, 0.3) is 11.6 Å². The SMILES string of the molecule is COC(=O)CCN(C)C(=O)c1cc(O)ccc1[N+](=O)[O-]. The smallest absolute Gasteiger partial charge is 0.307 e. The highest BCUT2D eigenvalue weighted by molar-refractivity contribution is 5.98. The molecule has 0 atom stereocenters. The monoisotopic (exact) mass is 282 g/mol. The molecule has 0 aromatic heterocycles. The number of ether oxygens (including phenoxy) is 1. The lowest BCUT2D eigenvalue weighted by atomic mass is 10.1. The van der Waals surface area contributed by atoms with Crippen molar-refractivity contribution in [2.45, 2.75) is 6.42 Å². The van der Waals surface area contributed by atoms with Crippen molar-refractivity contribution < 1.29 is 24.4 Å². The van der Waals surface area contributed by atoms with E-state index >= 15 is 0 Å². The van der Waals surface area contributed by atoms with Gasteiger partial charge in [0, 0.05) is 19.7 Å². The number of nitro benzene ring substituents is 1. The van der Waals surface area contributed by atoms with Crippen molar-refractivity contribution in [1.82, 2.24) is 4.90 Å². The van der Waals surface area contributed by atoms with Crippen LogP contribution in [0.25, 0.3) is 0 Å². The summed E-state index contributed by atoms with van der Waals surface area (Å²) in [4.78, 5) is 34.4. The Morgan fingerprint density at radius 1 is 1.45 bits per heavy atom. The van der Waals surface area contributed by atoms with Gasteiger partial charge in [0.05, 0.1) is 18.5 Å². The topological polar surface area (TPSA) is 110 Å². The fourth-order valence-electron chi connectivity index (χ4n) is 1.52. The van der Waals surface area contributed by atoms with Gasteiger partial charge in [-0.3, -0.25) is 19.7 Å². The summed E-state index contributed by atoms with van der Waals surface area (Å²) in [5.41, 5.74) is -0.639. The van der Waals surface area contributed by atoms with Crippen LogP contribution in [-0.2, 0) is 9.53 Å². The molecule has 0 unspecified atom stereocenters. The lowest BCUT2D eigenvalue weighted by Gasteiger charge is -2.16. The zero-order chi connectivity index (χ0) is 15.3. The van der Waals surface area contributed by atoms with Crippen molar-refractivity contribution in [1.29, 1.82) is 0 Å². The van der Waals surface area contributed by atoms with E-state index in [1.165, 1.54) is 14.2 Å². The number of nitrogens with zero attached hydrogens (tertiary/aromatic N) is 2. The molecule has 0 fully saturated rings. The van der Waals surface area contributed by atoms with Crippen LogP contribution in [0.3, 0.4) is 0 Å². The van der Waals surface area contributed by atoms with E-state index in [0.717, 1.165) is 23.1 Å². The van der Waals surface area contributed by atoms with Crippen LogP contribution < -0.4 is 0 Å². The maximum atomic E-state index is 12.1. The Morgan fingerprint density at radius 3 is 2.65 bits per heavy atom. The number of hydrogen-bond acceptors (Lipinski definition) is 6. The first kappa shape index (κ1) is 15.4. The summed E-state index contributed by atoms with van der Waals surface area (Å²) in [7, 11) is 2.63. The first-order valence-corrected chi connectivity index (χ1v) is 5.66. The highest BCUT2D eigenvalue weighted by atomic mass is 16.6. The van der Waals surface area contributed by atoms with Crippen LogP contribution in [0, 0.1) is 10.1 Å². The molecule has 0 heterocycles. The van der Waals surface area contributed by atoms with E-state index < -0.39 is 22.5 Å². The Kier molecular flexibility index (Phi) is 5.01. The average molecular weight is 282 g/mol. The van der Waals surface area contributed by atoms with Gasteiger partial charge in [-0.15, -0.1) is 0 Å². The molecule has 0 radical (unpaired) electrons. The van der Waals surface area contributed by atoms with Gasteiger partial charge in [-0.1, -0.05) is 0 Å². The lowest BCUT2D eigenvalue weighted by molar-refractivity contribution is -0.385. The third-order valence-electron chi connectivity index (χ3n) is 2.63. The molecule has 1 rings (SSSR count). The molecule has 1 amide bonds. The van der Waals surface area contributed by atoms with Crippen molar-refractivity contribution in [2.24, 2.45) is 0 Å². The van der Waals surface area contributed by atoms with Gasteiger partial charge in [-0.05, 0) is 12.1 Å². The number of aromatic hydroxyl groups is 1. The van der Waals surface area contributed by atoms with Gasteiger partial charge < -0.3 is 14.7 Å². The number of phenolic OH excluding ortho intramolecular Hbond substituents is 1. The Balaban J connectivity index is 2.93. The van der Waals surface area contributed by atoms with Crippen LogP contribution in [-0.4, -0.2) is 47.5 Å².